The summed E-state index contributed by atoms with van der Waals surface area (Å²) < 4.78 is 24.0. The fourth-order valence-corrected chi connectivity index (χ4v) is 2.74. The number of ether oxygens (including phenoxy) is 1. The standard InChI is InChI=1S/C16H18FN3O3/c1-3-14-18-16(23-19-14)12-5-7-15(21)20(12)9-10-4-6-13(22-2)11(17)8-10/h4,6,8,12H,3,5,7,9H2,1-2H3. The van der Waals surface area contributed by atoms with Gasteiger partial charge in [-0.1, -0.05) is 18.1 Å². The largest absolute Gasteiger partial charge is 0.494 e. The van der Waals surface area contributed by atoms with E-state index in [1.54, 1.807) is 17.0 Å². The normalized spacial score (nSPS) is 17.8. The Labute approximate surface area is 133 Å². The molecule has 1 amide bonds. The number of aromatic nitrogens is 2. The Balaban J connectivity index is 1.81. The van der Waals surface area contributed by atoms with Crippen molar-refractivity contribution in [3.8, 4) is 5.75 Å². The molecule has 3 rings (SSSR count). The number of rotatable bonds is 5. The zero-order valence-electron chi connectivity index (χ0n) is 13.1. The molecule has 1 atom stereocenters. The van der Waals surface area contributed by atoms with Crippen molar-refractivity contribution in [1.82, 2.24) is 15.0 Å². The fraction of sp³-hybridized carbons (Fsp3) is 0.438. The van der Waals surface area contributed by atoms with Gasteiger partial charge in [-0.2, -0.15) is 4.98 Å². The van der Waals surface area contributed by atoms with Crippen LogP contribution in [0.5, 0.6) is 5.75 Å². The lowest BCUT2D eigenvalue weighted by atomic mass is 10.1. The van der Waals surface area contributed by atoms with E-state index in [1.807, 2.05) is 6.92 Å². The molecule has 0 radical (unpaired) electrons. The lowest BCUT2D eigenvalue weighted by Gasteiger charge is -2.22. The first-order valence-corrected chi connectivity index (χ1v) is 7.56. The van der Waals surface area contributed by atoms with Gasteiger partial charge < -0.3 is 14.2 Å². The second kappa shape index (κ2) is 6.36. The van der Waals surface area contributed by atoms with Gasteiger partial charge in [-0.05, 0) is 24.1 Å². The van der Waals surface area contributed by atoms with Crippen LogP contribution in [0.15, 0.2) is 22.7 Å². The van der Waals surface area contributed by atoms with Gasteiger partial charge in [0.15, 0.2) is 17.4 Å². The summed E-state index contributed by atoms with van der Waals surface area (Å²) in [7, 11) is 1.42. The highest BCUT2D eigenvalue weighted by atomic mass is 19.1. The number of hydrogen-bond acceptors (Lipinski definition) is 5. The van der Waals surface area contributed by atoms with Crippen LogP contribution in [-0.4, -0.2) is 28.1 Å². The van der Waals surface area contributed by atoms with Gasteiger partial charge in [0.2, 0.25) is 11.8 Å². The van der Waals surface area contributed by atoms with E-state index in [2.05, 4.69) is 10.1 Å². The molecule has 6 nitrogen and oxygen atoms in total. The van der Waals surface area contributed by atoms with Gasteiger partial charge in [-0.3, -0.25) is 4.79 Å². The van der Waals surface area contributed by atoms with Crippen LogP contribution in [0.25, 0.3) is 0 Å². The highest BCUT2D eigenvalue weighted by Gasteiger charge is 2.35. The smallest absolute Gasteiger partial charge is 0.249 e. The summed E-state index contributed by atoms with van der Waals surface area (Å²) in [6, 6.07) is 4.44. The van der Waals surface area contributed by atoms with Crippen LogP contribution in [0.2, 0.25) is 0 Å². The Morgan fingerprint density at radius 1 is 1.48 bits per heavy atom. The second-order valence-electron chi connectivity index (χ2n) is 5.45. The van der Waals surface area contributed by atoms with Gasteiger partial charge in [0.25, 0.3) is 0 Å². The molecule has 1 aromatic heterocycles. The van der Waals surface area contributed by atoms with Crippen LogP contribution >= 0.6 is 0 Å². The molecule has 0 spiro atoms. The van der Waals surface area contributed by atoms with E-state index in [0.29, 0.717) is 43.1 Å². The molecule has 0 aliphatic carbocycles. The lowest BCUT2D eigenvalue weighted by Crippen LogP contribution is -2.27. The summed E-state index contributed by atoms with van der Waals surface area (Å²) in [5, 5.41) is 3.88. The molecule has 1 aromatic carbocycles. The van der Waals surface area contributed by atoms with Crippen molar-refractivity contribution in [2.24, 2.45) is 0 Å². The predicted molar refractivity (Wildman–Crippen MR) is 79.2 cm³/mol. The van der Waals surface area contributed by atoms with Crippen molar-refractivity contribution < 1.29 is 18.4 Å². The second-order valence-corrected chi connectivity index (χ2v) is 5.45. The van der Waals surface area contributed by atoms with Gasteiger partial charge in [0.1, 0.15) is 6.04 Å². The maximum atomic E-state index is 13.8. The Hall–Kier alpha value is -2.44. The fourth-order valence-electron chi connectivity index (χ4n) is 2.74. The van der Waals surface area contributed by atoms with E-state index in [0.717, 1.165) is 0 Å². The van der Waals surface area contributed by atoms with Crippen LogP contribution in [0.4, 0.5) is 4.39 Å². The summed E-state index contributed by atoms with van der Waals surface area (Å²) in [6.07, 6.45) is 1.73. The molecule has 1 fully saturated rings. The predicted octanol–water partition coefficient (Wildman–Crippen LogP) is 2.64. The van der Waals surface area contributed by atoms with Crippen LogP contribution < -0.4 is 4.74 Å². The molecule has 2 aromatic rings. The Kier molecular flexibility index (Phi) is 4.27. The van der Waals surface area contributed by atoms with E-state index in [-0.39, 0.29) is 17.7 Å². The first-order chi connectivity index (χ1) is 11.1. The number of halogens is 1. The SMILES string of the molecule is CCc1noc(C2CCC(=O)N2Cc2ccc(OC)c(F)c2)n1. The van der Waals surface area contributed by atoms with Crippen LogP contribution in [0.3, 0.4) is 0 Å². The van der Waals surface area contributed by atoms with E-state index >= 15 is 0 Å². The van der Waals surface area contributed by atoms with E-state index in [4.69, 9.17) is 9.26 Å². The number of amides is 1. The molecular weight excluding hydrogens is 301 g/mol. The summed E-state index contributed by atoms with van der Waals surface area (Å²) in [4.78, 5) is 18.1. The lowest BCUT2D eigenvalue weighted by molar-refractivity contribution is -0.130. The number of hydrogen-bond donors (Lipinski definition) is 0. The first-order valence-electron chi connectivity index (χ1n) is 7.56. The average Bonchev–Trinajstić information content (AvgIpc) is 3.15. The zero-order valence-corrected chi connectivity index (χ0v) is 13.1. The zero-order chi connectivity index (χ0) is 16.4. The molecule has 1 saturated heterocycles. The van der Waals surface area contributed by atoms with Crippen molar-refractivity contribution in [2.45, 2.75) is 38.8 Å². The van der Waals surface area contributed by atoms with Crippen molar-refractivity contribution in [3.05, 3.63) is 41.3 Å². The van der Waals surface area contributed by atoms with E-state index in [1.165, 1.54) is 13.2 Å². The Morgan fingerprint density at radius 3 is 2.96 bits per heavy atom. The molecule has 1 aliphatic rings. The molecule has 122 valence electrons. The monoisotopic (exact) mass is 319 g/mol. The molecule has 1 unspecified atom stereocenters. The quantitative estimate of drug-likeness (QED) is 0.847. The van der Waals surface area contributed by atoms with Gasteiger partial charge in [-0.25, -0.2) is 4.39 Å². The van der Waals surface area contributed by atoms with Crippen LogP contribution in [0.1, 0.15) is 43.1 Å². The molecule has 0 bridgehead atoms. The van der Waals surface area contributed by atoms with Crippen molar-refractivity contribution in [2.75, 3.05) is 7.11 Å². The first kappa shape index (κ1) is 15.5. The van der Waals surface area contributed by atoms with Crippen LogP contribution in [-0.2, 0) is 17.8 Å². The number of carbonyl (C=O) groups is 1. The third-order valence-electron chi connectivity index (χ3n) is 3.98. The minimum absolute atomic E-state index is 0.00229. The third-order valence-corrected chi connectivity index (χ3v) is 3.98. The average molecular weight is 319 g/mol. The summed E-state index contributed by atoms with van der Waals surface area (Å²) in [5.74, 6) is 0.806. The Bertz CT molecular complexity index is 716. The van der Waals surface area contributed by atoms with E-state index in [9.17, 15) is 9.18 Å². The number of nitrogens with zero attached hydrogens (tertiary/aromatic N) is 3. The maximum Gasteiger partial charge on any atom is 0.249 e. The van der Waals surface area contributed by atoms with E-state index < -0.39 is 5.82 Å². The minimum Gasteiger partial charge on any atom is -0.494 e. The van der Waals surface area contributed by atoms with Gasteiger partial charge >= 0.3 is 0 Å². The van der Waals surface area contributed by atoms with Crippen LogP contribution in [0, 0.1) is 5.82 Å². The number of likely N-dealkylation sites (tertiary alicyclic amines) is 1. The van der Waals surface area contributed by atoms with Gasteiger partial charge in [-0.15, -0.1) is 0 Å². The molecule has 0 saturated carbocycles. The maximum absolute atomic E-state index is 13.8. The highest BCUT2D eigenvalue weighted by molar-refractivity contribution is 5.78. The molecule has 1 aliphatic heterocycles. The van der Waals surface area contributed by atoms with Crippen molar-refractivity contribution >= 4 is 5.91 Å². The summed E-state index contributed by atoms with van der Waals surface area (Å²) in [5.41, 5.74) is 0.693. The van der Waals surface area contributed by atoms with Crippen molar-refractivity contribution in [3.63, 3.8) is 0 Å². The molecule has 23 heavy (non-hydrogen) atoms. The number of methoxy groups -OCH3 is 1. The van der Waals surface area contributed by atoms with Gasteiger partial charge in [0, 0.05) is 19.4 Å². The third kappa shape index (κ3) is 3.04. The minimum atomic E-state index is -0.445. The molecule has 0 N–H and O–H groups in total. The topological polar surface area (TPSA) is 68.5 Å². The number of carbonyl (C=O) groups excluding carboxylic acids is 1. The van der Waals surface area contributed by atoms with Gasteiger partial charge in [0.05, 0.1) is 7.11 Å². The number of benzene rings is 1. The molecule has 7 heteroatoms. The highest BCUT2D eigenvalue weighted by Crippen LogP contribution is 2.33. The molecular formula is C16H18FN3O3. The van der Waals surface area contributed by atoms with Crippen molar-refractivity contribution in [1.29, 1.82) is 0 Å². The summed E-state index contributed by atoms with van der Waals surface area (Å²) in [6.45, 7) is 2.24. The number of aryl methyl sites for hydroxylation is 1. The Morgan fingerprint density at radius 2 is 2.30 bits per heavy atom. The molecule has 2 heterocycles. The summed E-state index contributed by atoms with van der Waals surface area (Å²) >= 11 is 0.